The zero-order valence-corrected chi connectivity index (χ0v) is 12.3. The number of nitrogens with zero attached hydrogens (tertiary/aromatic N) is 1. The molecule has 0 saturated carbocycles. The minimum Gasteiger partial charge on any atom is -0.478 e. The molecule has 1 saturated heterocycles. The second-order valence-corrected chi connectivity index (χ2v) is 5.59. The minimum absolute atomic E-state index is 0.199. The number of hydrogen-bond donors (Lipinski definition) is 3. The van der Waals surface area contributed by atoms with Crippen molar-refractivity contribution < 1.29 is 14.7 Å². The molecule has 1 aromatic carbocycles. The highest BCUT2D eigenvalue weighted by Crippen LogP contribution is 2.16. The minimum atomic E-state index is -0.995. The lowest BCUT2D eigenvalue weighted by Crippen LogP contribution is -2.33. The van der Waals surface area contributed by atoms with Crippen LogP contribution in [0.15, 0.2) is 18.2 Å². The molecule has 0 aliphatic carbocycles. The highest BCUT2D eigenvalue weighted by atomic mass is 16.4. The second kappa shape index (κ2) is 6.58. The van der Waals surface area contributed by atoms with Crippen LogP contribution < -0.4 is 10.6 Å². The molecule has 2 amide bonds. The predicted molar refractivity (Wildman–Crippen MR) is 80.8 cm³/mol. The van der Waals surface area contributed by atoms with Gasteiger partial charge < -0.3 is 20.6 Å². The lowest BCUT2D eigenvalue weighted by Gasteiger charge is -2.13. The van der Waals surface area contributed by atoms with Gasteiger partial charge in [-0.25, -0.2) is 9.59 Å². The second-order valence-electron chi connectivity index (χ2n) is 5.59. The maximum Gasteiger partial charge on any atom is 0.336 e. The van der Waals surface area contributed by atoms with E-state index in [1.165, 1.54) is 6.07 Å². The van der Waals surface area contributed by atoms with Crippen molar-refractivity contribution in [3.63, 3.8) is 0 Å². The molecule has 1 aliphatic rings. The van der Waals surface area contributed by atoms with Gasteiger partial charge in [-0.2, -0.15) is 0 Å². The molecule has 0 radical (unpaired) electrons. The number of carboxylic acids is 1. The van der Waals surface area contributed by atoms with E-state index in [4.69, 9.17) is 5.11 Å². The van der Waals surface area contributed by atoms with E-state index < -0.39 is 5.97 Å². The van der Waals surface area contributed by atoms with Crippen LogP contribution in [-0.4, -0.2) is 48.7 Å². The van der Waals surface area contributed by atoms with Crippen molar-refractivity contribution in [2.45, 2.75) is 13.3 Å². The number of aromatic carboxylic acids is 1. The summed E-state index contributed by atoms with van der Waals surface area (Å²) in [6.45, 7) is 4.42. The van der Waals surface area contributed by atoms with Crippen LogP contribution in [0.5, 0.6) is 0 Å². The fourth-order valence-corrected chi connectivity index (χ4v) is 2.54. The topological polar surface area (TPSA) is 81.7 Å². The van der Waals surface area contributed by atoms with Crippen LogP contribution in [0.1, 0.15) is 22.3 Å². The number of aryl methyl sites for hydroxylation is 1. The highest BCUT2D eigenvalue weighted by Gasteiger charge is 2.19. The highest BCUT2D eigenvalue weighted by molar-refractivity contribution is 5.94. The Kier molecular flexibility index (Phi) is 4.80. The van der Waals surface area contributed by atoms with Crippen molar-refractivity contribution in [1.29, 1.82) is 0 Å². The van der Waals surface area contributed by atoms with Gasteiger partial charge in [-0.1, -0.05) is 6.07 Å². The summed E-state index contributed by atoms with van der Waals surface area (Å²) in [6, 6.07) is 4.56. The van der Waals surface area contributed by atoms with Gasteiger partial charge in [0.25, 0.3) is 0 Å². The maximum atomic E-state index is 11.8. The first-order valence-electron chi connectivity index (χ1n) is 7.03. The molecule has 21 heavy (non-hydrogen) atoms. The fraction of sp³-hybridized carbons (Fsp3) is 0.467. The summed E-state index contributed by atoms with van der Waals surface area (Å²) < 4.78 is 0. The van der Waals surface area contributed by atoms with Crippen molar-refractivity contribution in [1.82, 2.24) is 10.2 Å². The molecule has 1 aliphatic heterocycles. The number of carbonyl (C=O) groups excluding carboxylic acids is 1. The number of amides is 2. The third kappa shape index (κ3) is 4.19. The largest absolute Gasteiger partial charge is 0.478 e. The van der Waals surface area contributed by atoms with Crippen LogP contribution in [0.3, 0.4) is 0 Å². The molecule has 1 heterocycles. The molecule has 6 heteroatoms. The first kappa shape index (κ1) is 15.3. The van der Waals surface area contributed by atoms with E-state index in [1.807, 2.05) is 0 Å². The van der Waals surface area contributed by atoms with Crippen LogP contribution in [0.4, 0.5) is 10.5 Å². The third-order valence-corrected chi connectivity index (χ3v) is 3.77. The Morgan fingerprint density at radius 2 is 2.19 bits per heavy atom. The number of nitrogens with one attached hydrogen (secondary N) is 2. The molecular formula is C15H21N3O3. The van der Waals surface area contributed by atoms with Crippen molar-refractivity contribution in [3.8, 4) is 0 Å². The Morgan fingerprint density at radius 3 is 2.81 bits per heavy atom. The molecule has 0 aromatic heterocycles. The summed E-state index contributed by atoms with van der Waals surface area (Å²) >= 11 is 0. The number of carboxylic acid groups (broad SMARTS) is 1. The monoisotopic (exact) mass is 291 g/mol. The number of benzene rings is 1. The normalized spacial score (nSPS) is 18.5. The molecule has 6 nitrogen and oxygen atoms in total. The number of likely N-dealkylation sites (tertiary alicyclic amines) is 1. The zero-order valence-electron chi connectivity index (χ0n) is 12.3. The van der Waals surface area contributed by atoms with Gasteiger partial charge in [0, 0.05) is 18.8 Å². The SMILES string of the molecule is Cc1ccc(NC(=O)NCC2CCN(C)C2)cc1C(=O)O. The van der Waals surface area contributed by atoms with E-state index >= 15 is 0 Å². The zero-order chi connectivity index (χ0) is 15.4. The van der Waals surface area contributed by atoms with Crippen LogP contribution in [-0.2, 0) is 0 Å². The van der Waals surface area contributed by atoms with Gasteiger partial charge in [-0.3, -0.25) is 0 Å². The lowest BCUT2D eigenvalue weighted by atomic mass is 10.1. The van der Waals surface area contributed by atoms with E-state index in [9.17, 15) is 9.59 Å². The van der Waals surface area contributed by atoms with Crippen LogP contribution >= 0.6 is 0 Å². The van der Waals surface area contributed by atoms with E-state index in [2.05, 4.69) is 22.6 Å². The number of rotatable bonds is 4. The molecule has 1 aromatic rings. The van der Waals surface area contributed by atoms with E-state index in [1.54, 1.807) is 19.1 Å². The van der Waals surface area contributed by atoms with Gasteiger partial charge >= 0.3 is 12.0 Å². The van der Waals surface area contributed by atoms with Crippen LogP contribution in [0, 0.1) is 12.8 Å². The first-order valence-corrected chi connectivity index (χ1v) is 7.03. The van der Waals surface area contributed by atoms with Gasteiger partial charge in [-0.05, 0) is 50.6 Å². The molecule has 114 valence electrons. The summed E-state index contributed by atoms with van der Waals surface area (Å²) in [5, 5.41) is 14.6. The Labute approximate surface area is 124 Å². The van der Waals surface area contributed by atoms with Crippen molar-refractivity contribution >= 4 is 17.7 Å². The standard InChI is InChI=1S/C15H21N3O3/c1-10-3-4-12(7-13(10)14(19)20)17-15(21)16-8-11-5-6-18(2)9-11/h3-4,7,11H,5-6,8-9H2,1-2H3,(H,19,20)(H2,16,17,21). The van der Waals surface area contributed by atoms with E-state index in [0.717, 1.165) is 19.5 Å². The molecule has 0 spiro atoms. The number of urea groups is 1. The summed E-state index contributed by atoms with van der Waals surface area (Å²) in [7, 11) is 2.07. The summed E-state index contributed by atoms with van der Waals surface area (Å²) in [5.74, 6) is -0.515. The fourth-order valence-electron chi connectivity index (χ4n) is 2.54. The Hall–Kier alpha value is -2.08. The molecule has 3 N–H and O–H groups in total. The van der Waals surface area contributed by atoms with Gasteiger partial charge in [-0.15, -0.1) is 0 Å². The smallest absolute Gasteiger partial charge is 0.336 e. The van der Waals surface area contributed by atoms with Gasteiger partial charge in [0.15, 0.2) is 0 Å². The van der Waals surface area contributed by atoms with Crippen molar-refractivity contribution in [2.75, 3.05) is 32.0 Å². The van der Waals surface area contributed by atoms with Crippen LogP contribution in [0.25, 0.3) is 0 Å². The number of anilines is 1. The summed E-state index contributed by atoms with van der Waals surface area (Å²) in [6.07, 6.45) is 1.09. The predicted octanol–water partition coefficient (Wildman–Crippen LogP) is 1.77. The molecule has 1 atom stereocenters. The third-order valence-electron chi connectivity index (χ3n) is 3.77. The van der Waals surface area contributed by atoms with E-state index in [-0.39, 0.29) is 11.6 Å². The Morgan fingerprint density at radius 1 is 1.43 bits per heavy atom. The Balaban J connectivity index is 1.87. The molecule has 1 fully saturated rings. The van der Waals surface area contributed by atoms with Crippen molar-refractivity contribution in [3.05, 3.63) is 29.3 Å². The average molecular weight is 291 g/mol. The maximum absolute atomic E-state index is 11.8. The van der Waals surface area contributed by atoms with Gasteiger partial charge in [0.05, 0.1) is 5.56 Å². The Bertz CT molecular complexity index is 545. The summed E-state index contributed by atoms with van der Waals surface area (Å²) in [5.41, 5.74) is 1.35. The van der Waals surface area contributed by atoms with Gasteiger partial charge in [0.1, 0.15) is 0 Å². The summed E-state index contributed by atoms with van der Waals surface area (Å²) in [4.78, 5) is 25.1. The van der Waals surface area contributed by atoms with E-state index in [0.29, 0.717) is 23.7 Å². The lowest BCUT2D eigenvalue weighted by molar-refractivity contribution is 0.0696. The quantitative estimate of drug-likeness (QED) is 0.789. The number of carbonyl (C=O) groups is 2. The molecule has 2 rings (SSSR count). The molecule has 1 unspecified atom stereocenters. The van der Waals surface area contributed by atoms with Gasteiger partial charge in [0.2, 0.25) is 0 Å². The number of hydrogen-bond acceptors (Lipinski definition) is 3. The average Bonchev–Trinajstić information content (AvgIpc) is 2.84. The molecular weight excluding hydrogens is 270 g/mol. The van der Waals surface area contributed by atoms with Crippen molar-refractivity contribution in [2.24, 2.45) is 5.92 Å². The first-order chi connectivity index (χ1) is 9.95. The molecule has 0 bridgehead atoms. The van der Waals surface area contributed by atoms with Crippen LogP contribution in [0.2, 0.25) is 0 Å².